The number of carbonyl (C=O) groups is 2. The van der Waals surface area contributed by atoms with E-state index >= 15 is 0 Å². The van der Waals surface area contributed by atoms with E-state index in [1.54, 1.807) is 19.1 Å². The van der Waals surface area contributed by atoms with E-state index in [0.29, 0.717) is 0 Å². The fourth-order valence-electron chi connectivity index (χ4n) is 1.62. The summed E-state index contributed by atoms with van der Waals surface area (Å²) in [5, 5.41) is 11.1. The molecular weight excluding hydrogens is 282 g/mol. The minimum atomic E-state index is -3.24. The van der Waals surface area contributed by atoms with Crippen molar-refractivity contribution in [2.24, 2.45) is 0 Å². The Morgan fingerprint density at radius 2 is 1.75 bits per heavy atom. The minimum Gasteiger partial charge on any atom is -0.481 e. The summed E-state index contributed by atoms with van der Waals surface area (Å²) in [5.74, 6) is -1.38. The summed E-state index contributed by atoms with van der Waals surface area (Å²) in [5.41, 5.74) is 0.751. The predicted octanol–water partition coefficient (Wildman–Crippen LogP) is 1.13. The van der Waals surface area contributed by atoms with Gasteiger partial charge in [0.05, 0.1) is 17.4 Å². The van der Waals surface area contributed by atoms with Crippen LogP contribution >= 0.6 is 0 Å². The van der Waals surface area contributed by atoms with Crippen LogP contribution in [0.3, 0.4) is 0 Å². The summed E-state index contributed by atoms with van der Waals surface area (Å²) in [7, 11) is -3.24. The molecule has 0 saturated carbocycles. The van der Waals surface area contributed by atoms with Crippen molar-refractivity contribution in [3.63, 3.8) is 0 Å². The third-order valence-corrected chi connectivity index (χ3v) is 3.88. The summed E-state index contributed by atoms with van der Waals surface area (Å²) in [6.45, 7) is 1.74. The van der Waals surface area contributed by atoms with Crippen LogP contribution in [0.15, 0.2) is 29.2 Å². The Morgan fingerprint density at radius 3 is 2.20 bits per heavy atom. The molecule has 2 N–H and O–H groups in total. The first-order valence-electron chi connectivity index (χ1n) is 6.01. The van der Waals surface area contributed by atoms with E-state index in [2.05, 4.69) is 5.32 Å². The molecule has 1 unspecified atom stereocenters. The van der Waals surface area contributed by atoms with Crippen molar-refractivity contribution < 1.29 is 23.1 Å². The molecule has 20 heavy (non-hydrogen) atoms. The van der Waals surface area contributed by atoms with Gasteiger partial charge in [-0.2, -0.15) is 0 Å². The number of rotatable bonds is 6. The van der Waals surface area contributed by atoms with Crippen LogP contribution in [0, 0.1) is 0 Å². The van der Waals surface area contributed by atoms with Gasteiger partial charge in [-0.05, 0) is 24.6 Å². The molecule has 1 amide bonds. The van der Waals surface area contributed by atoms with E-state index < -0.39 is 15.8 Å². The molecule has 110 valence electrons. The molecule has 0 aliphatic heterocycles. The molecule has 1 aromatic rings. The van der Waals surface area contributed by atoms with Gasteiger partial charge in [0, 0.05) is 12.7 Å². The zero-order valence-corrected chi connectivity index (χ0v) is 12.1. The van der Waals surface area contributed by atoms with Crippen LogP contribution in [-0.4, -0.2) is 31.7 Å². The van der Waals surface area contributed by atoms with Gasteiger partial charge in [-0.15, -0.1) is 0 Å². The lowest BCUT2D eigenvalue weighted by molar-refractivity contribution is -0.138. The zero-order chi connectivity index (χ0) is 15.3. The number of carboxylic acids is 1. The molecular formula is C13H17NO5S. The Balaban J connectivity index is 2.66. The second kappa shape index (κ2) is 6.51. The number of hydrogen-bond acceptors (Lipinski definition) is 4. The fourth-order valence-corrected chi connectivity index (χ4v) is 2.25. The van der Waals surface area contributed by atoms with Crippen molar-refractivity contribution in [1.29, 1.82) is 0 Å². The quantitative estimate of drug-likeness (QED) is 0.820. The number of amides is 1. The molecule has 0 bridgehead atoms. The van der Waals surface area contributed by atoms with E-state index in [9.17, 15) is 18.0 Å². The Bertz CT molecular complexity index is 592. The largest absolute Gasteiger partial charge is 0.481 e. The SMILES string of the molecule is CC(NC(=O)CCC(=O)O)c1ccc(S(C)(=O)=O)cc1. The van der Waals surface area contributed by atoms with Gasteiger partial charge in [-0.3, -0.25) is 9.59 Å². The van der Waals surface area contributed by atoms with Gasteiger partial charge in [0.1, 0.15) is 0 Å². The maximum atomic E-state index is 11.5. The van der Waals surface area contributed by atoms with Gasteiger partial charge in [-0.25, -0.2) is 8.42 Å². The maximum Gasteiger partial charge on any atom is 0.303 e. The average molecular weight is 299 g/mol. The molecule has 0 aromatic heterocycles. The highest BCUT2D eigenvalue weighted by atomic mass is 32.2. The first-order chi connectivity index (χ1) is 9.20. The topological polar surface area (TPSA) is 101 Å². The Morgan fingerprint density at radius 1 is 1.20 bits per heavy atom. The first kappa shape index (κ1) is 16.2. The van der Waals surface area contributed by atoms with Crippen LogP contribution in [0.5, 0.6) is 0 Å². The lowest BCUT2D eigenvalue weighted by Gasteiger charge is -2.14. The number of carbonyl (C=O) groups excluding carboxylic acids is 1. The van der Waals surface area contributed by atoms with Crippen LogP contribution < -0.4 is 5.32 Å². The number of sulfone groups is 1. The van der Waals surface area contributed by atoms with Crippen LogP contribution in [-0.2, 0) is 19.4 Å². The Kier molecular flexibility index (Phi) is 5.26. The molecule has 0 heterocycles. The van der Waals surface area contributed by atoms with Crippen molar-refractivity contribution in [2.75, 3.05) is 6.26 Å². The van der Waals surface area contributed by atoms with E-state index in [4.69, 9.17) is 5.11 Å². The van der Waals surface area contributed by atoms with E-state index in [0.717, 1.165) is 11.8 Å². The molecule has 6 nitrogen and oxygen atoms in total. The van der Waals surface area contributed by atoms with Gasteiger partial charge in [-0.1, -0.05) is 12.1 Å². The van der Waals surface area contributed by atoms with E-state index in [1.165, 1.54) is 12.1 Å². The molecule has 0 saturated heterocycles. The highest BCUT2D eigenvalue weighted by Gasteiger charge is 2.12. The van der Waals surface area contributed by atoms with Gasteiger partial charge < -0.3 is 10.4 Å². The standard InChI is InChI=1S/C13H17NO5S/c1-9(14-12(15)7-8-13(16)17)10-3-5-11(6-4-10)20(2,18)19/h3-6,9H,7-8H2,1-2H3,(H,14,15)(H,16,17). The predicted molar refractivity (Wildman–Crippen MR) is 73.0 cm³/mol. The van der Waals surface area contributed by atoms with Crippen LogP contribution in [0.1, 0.15) is 31.4 Å². The normalized spacial score (nSPS) is 12.7. The van der Waals surface area contributed by atoms with Crippen LogP contribution in [0.25, 0.3) is 0 Å². The van der Waals surface area contributed by atoms with Gasteiger partial charge >= 0.3 is 5.97 Å². The van der Waals surface area contributed by atoms with Gasteiger partial charge in [0.25, 0.3) is 0 Å². The van der Waals surface area contributed by atoms with Gasteiger partial charge in [0.2, 0.25) is 5.91 Å². The molecule has 0 aliphatic rings. The summed E-state index contributed by atoms with van der Waals surface area (Å²) < 4.78 is 22.6. The molecule has 0 spiro atoms. The number of nitrogens with one attached hydrogen (secondary N) is 1. The molecule has 1 aromatic carbocycles. The molecule has 1 rings (SSSR count). The molecule has 1 atom stereocenters. The summed E-state index contributed by atoms with van der Waals surface area (Å²) in [6.07, 6.45) is 0.825. The number of aliphatic carboxylic acids is 1. The smallest absolute Gasteiger partial charge is 0.303 e. The number of benzene rings is 1. The van der Waals surface area contributed by atoms with Gasteiger partial charge in [0.15, 0.2) is 9.84 Å². The Labute approximate surface area is 117 Å². The lowest BCUT2D eigenvalue weighted by Crippen LogP contribution is -2.26. The Hall–Kier alpha value is -1.89. The van der Waals surface area contributed by atoms with Crippen molar-refractivity contribution in [3.05, 3.63) is 29.8 Å². The molecule has 0 aliphatic carbocycles. The maximum absolute atomic E-state index is 11.5. The molecule has 0 radical (unpaired) electrons. The van der Waals surface area contributed by atoms with Crippen molar-refractivity contribution in [1.82, 2.24) is 5.32 Å². The summed E-state index contributed by atoms with van der Waals surface area (Å²) >= 11 is 0. The number of carboxylic acid groups (broad SMARTS) is 1. The van der Waals surface area contributed by atoms with Crippen molar-refractivity contribution in [2.45, 2.75) is 30.7 Å². The van der Waals surface area contributed by atoms with Crippen molar-refractivity contribution in [3.8, 4) is 0 Å². The van der Waals surface area contributed by atoms with E-state index in [-0.39, 0.29) is 29.7 Å². The lowest BCUT2D eigenvalue weighted by atomic mass is 10.1. The minimum absolute atomic E-state index is 0.0822. The first-order valence-corrected chi connectivity index (χ1v) is 7.90. The highest BCUT2D eigenvalue weighted by molar-refractivity contribution is 7.90. The highest BCUT2D eigenvalue weighted by Crippen LogP contribution is 2.16. The molecule has 7 heteroatoms. The summed E-state index contributed by atoms with van der Waals surface area (Å²) in [6, 6.07) is 5.89. The van der Waals surface area contributed by atoms with E-state index in [1.807, 2.05) is 0 Å². The third kappa shape index (κ3) is 5.00. The van der Waals surface area contributed by atoms with Crippen LogP contribution in [0.4, 0.5) is 0 Å². The monoisotopic (exact) mass is 299 g/mol. The fraction of sp³-hybridized carbons (Fsp3) is 0.385. The average Bonchev–Trinajstić information content (AvgIpc) is 2.35. The zero-order valence-electron chi connectivity index (χ0n) is 11.3. The van der Waals surface area contributed by atoms with Crippen molar-refractivity contribution >= 4 is 21.7 Å². The second-order valence-electron chi connectivity index (χ2n) is 4.52. The third-order valence-electron chi connectivity index (χ3n) is 2.75. The second-order valence-corrected chi connectivity index (χ2v) is 6.54. The summed E-state index contributed by atoms with van der Waals surface area (Å²) in [4.78, 5) is 22.1. The van der Waals surface area contributed by atoms with Crippen LogP contribution in [0.2, 0.25) is 0 Å². The molecule has 0 fully saturated rings. The number of hydrogen-bond donors (Lipinski definition) is 2.